The number of sulfone groups is 1. The topological polar surface area (TPSA) is 119 Å². The second-order valence-electron chi connectivity index (χ2n) is 10.8. The van der Waals surface area contributed by atoms with Crippen molar-refractivity contribution >= 4 is 21.4 Å². The lowest BCUT2D eigenvalue weighted by Gasteiger charge is -2.31. The van der Waals surface area contributed by atoms with Gasteiger partial charge in [-0.15, -0.1) is 0 Å². The van der Waals surface area contributed by atoms with Crippen molar-refractivity contribution in [3.8, 4) is 0 Å². The number of rotatable bonds is 6. The molecule has 1 aliphatic heterocycles. The standard InChI is InChI=1S/C26H33N5O4S/c1-26(2)10-7-21-22(14-26)29-30-23(21)25(32)28-19-15-27-31(16-19)24(17-8-11-35-12-9-17)18-5-4-6-20(13-18)36(3,33)34/h4-6,13,15-17,24H,7-12,14H2,1-3H3,(H,28,32)(H,29,30). The molecule has 3 aromatic rings. The lowest BCUT2D eigenvalue weighted by Crippen LogP contribution is -2.27. The van der Waals surface area contributed by atoms with Crippen LogP contribution in [0.3, 0.4) is 0 Å². The van der Waals surface area contributed by atoms with Gasteiger partial charge in [-0.1, -0.05) is 26.0 Å². The molecule has 1 atom stereocenters. The molecule has 1 amide bonds. The number of hydrogen-bond acceptors (Lipinski definition) is 6. The maximum Gasteiger partial charge on any atom is 0.276 e. The number of amides is 1. The number of fused-ring (bicyclic) bond motifs is 1. The average molecular weight is 512 g/mol. The van der Waals surface area contributed by atoms with E-state index in [4.69, 9.17) is 4.74 Å². The SMILES string of the molecule is CC1(C)CCc2c(C(=O)Nc3cnn(C(c4cccc(S(C)(=O)=O)c4)C4CCOCC4)c3)n[nH]c2C1. The van der Waals surface area contributed by atoms with Gasteiger partial charge in [0.25, 0.3) is 5.91 Å². The molecule has 2 aromatic heterocycles. The zero-order valence-electron chi connectivity index (χ0n) is 21.0. The van der Waals surface area contributed by atoms with E-state index in [0.717, 1.165) is 48.9 Å². The van der Waals surface area contributed by atoms with E-state index in [1.165, 1.54) is 6.26 Å². The largest absolute Gasteiger partial charge is 0.381 e. The van der Waals surface area contributed by atoms with Crippen LogP contribution in [0.2, 0.25) is 0 Å². The Morgan fingerprint density at radius 1 is 1.28 bits per heavy atom. The minimum absolute atomic E-state index is 0.179. The summed E-state index contributed by atoms with van der Waals surface area (Å²) in [7, 11) is -3.34. The van der Waals surface area contributed by atoms with Gasteiger partial charge in [0.15, 0.2) is 15.5 Å². The molecule has 1 saturated heterocycles. The number of hydrogen-bond donors (Lipinski definition) is 2. The van der Waals surface area contributed by atoms with Crippen LogP contribution in [0.1, 0.15) is 66.5 Å². The van der Waals surface area contributed by atoms with Crippen molar-refractivity contribution in [2.75, 3.05) is 24.8 Å². The lowest BCUT2D eigenvalue weighted by atomic mass is 9.76. The lowest BCUT2D eigenvalue weighted by molar-refractivity contribution is 0.0527. The van der Waals surface area contributed by atoms with Crippen LogP contribution in [0, 0.1) is 11.3 Å². The Labute approximate surface area is 211 Å². The molecule has 0 radical (unpaired) electrons. The average Bonchev–Trinajstić information content (AvgIpc) is 3.45. The van der Waals surface area contributed by atoms with Crippen LogP contribution < -0.4 is 5.32 Å². The monoisotopic (exact) mass is 511 g/mol. The summed E-state index contributed by atoms with van der Waals surface area (Å²) in [6.07, 6.45) is 9.04. The number of ether oxygens (including phenoxy) is 1. The molecular formula is C26H33N5O4S. The highest BCUT2D eigenvalue weighted by Gasteiger charge is 2.31. The summed E-state index contributed by atoms with van der Waals surface area (Å²) >= 11 is 0. The van der Waals surface area contributed by atoms with Crippen molar-refractivity contribution in [2.24, 2.45) is 11.3 Å². The van der Waals surface area contributed by atoms with Crippen LogP contribution in [-0.4, -0.2) is 53.8 Å². The smallest absolute Gasteiger partial charge is 0.276 e. The molecule has 3 heterocycles. The first-order valence-corrected chi connectivity index (χ1v) is 14.3. The molecule has 2 aliphatic rings. The Morgan fingerprint density at radius 3 is 2.81 bits per heavy atom. The van der Waals surface area contributed by atoms with E-state index in [-0.39, 0.29) is 28.2 Å². The van der Waals surface area contributed by atoms with E-state index in [9.17, 15) is 13.2 Å². The normalized spacial score (nSPS) is 19.0. The summed E-state index contributed by atoms with van der Waals surface area (Å²) in [6, 6.07) is 6.87. The minimum Gasteiger partial charge on any atom is -0.381 e. The molecule has 1 unspecified atom stereocenters. The number of nitrogens with one attached hydrogen (secondary N) is 2. The van der Waals surface area contributed by atoms with Crippen LogP contribution >= 0.6 is 0 Å². The molecule has 1 fully saturated rings. The summed E-state index contributed by atoms with van der Waals surface area (Å²) < 4.78 is 31.8. The molecule has 1 aromatic carbocycles. The predicted molar refractivity (Wildman–Crippen MR) is 136 cm³/mol. The van der Waals surface area contributed by atoms with Crippen LogP contribution in [0.25, 0.3) is 0 Å². The van der Waals surface area contributed by atoms with Crippen LogP contribution in [-0.2, 0) is 27.4 Å². The van der Waals surface area contributed by atoms with E-state index in [0.29, 0.717) is 24.6 Å². The number of carbonyl (C=O) groups excluding carboxylic acids is 1. The Kier molecular flexibility index (Phi) is 6.50. The third-order valence-electron chi connectivity index (χ3n) is 7.36. The van der Waals surface area contributed by atoms with Gasteiger partial charge in [-0.25, -0.2) is 8.42 Å². The second kappa shape index (κ2) is 9.48. The molecule has 0 bridgehead atoms. The Hall–Kier alpha value is -2.98. The third-order valence-corrected chi connectivity index (χ3v) is 8.47. The zero-order chi connectivity index (χ0) is 25.5. The van der Waals surface area contributed by atoms with E-state index < -0.39 is 9.84 Å². The van der Waals surface area contributed by atoms with E-state index in [1.54, 1.807) is 24.4 Å². The second-order valence-corrected chi connectivity index (χ2v) is 12.8. The first-order chi connectivity index (χ1) is 17.1. The van der Waals surface area contributed by atoms with Gasteiger partial charge < -0.3 is 10.1 Å². The van der Waals surface area contributed by atoms with Gasteiger partial charge in [0.2, 0.25) is 0 Å². The number of benzene rings is 1. The first kappa shape index (κ1) is 24.7. The van der Waals surface area contributed by atoms with Crippen molar-refractivity contribution in [2.45, 2.75) is 56.9 Å². The number of nitrogens with zero attached hydrogens (tertiary/aromatic N) is 3. The molecule has 10 heteroatoms. The van der Waals surface area contributed by atoms with Crippen molar-refractivity contribution < 1.29 is 17.9 Å². The fourth-order valence-electron chi connectivity index (χ4n) is 5.38. The van der Waals surface area contributed by atoms with Gasteiger partial charge in [-0.3, -0.25) is 14.6 Å². The molecule has 5 rings (SSSR count). The van der Waals surface area contributed by atoms with Crippen molar-refractivity contribution in [3.05, 3.63) is 59.2 Å². The van der Waals surface area contributed by atoms with E-state index in [1.807, 2.05) is 16.9 Å². The quantitative estimate of drug-likeness (QED) is 0.520. The fraction of sp³-hybridized carbons (Fsp3) is 0.500. The molecule has 2 N–H and O–H groups in total. The van der Waals surface area contributed by atoms with Gasteiger partial charge >= 0.3 is 0 Å². The Morgan fingerprint density at radius 2 is 2.06 bits per heavy atom. The van der Waals surface area contributed by atoms with Crippen LogP contribution in [0.5, 0.6) is 0 Å². The maximum absolute atomic E-state index is 13.1. The molecular weight excluding hydrogens is 478 g/mol. The van der Waals surface area contributed by atoms with Gasteiger partial charge in [-0.2, -0.15) is 10.2 Å². The summed E-state index contributed by atoms with van der Waals surface area (Å²) in [6.45, 7) is 5.76. The zero-order valence-corrected chi connectivity index (χ0v) is 21.8. The highest BCUT2D eigenvalue weighted by Crippen LogP contribution is 2.36. The minimum atomic E-state index is -3.34. The summed E-state index contributed by atoms with van der Waals surface area (Å²) in [5.74, 6) is -0.0350. The summed E-state index contributed by atoms with van der Waals surface area (Å²) in [5, 5.41) is 14.9. The molecule has 36 heavy (non-hydrogen) atoms. The van der Waals surface area contributed by atoms with Crippen molar-refractivity contribution in [1.29, 1.82) is 0 Å². The molecule has 9 nitrogen and oxygen atoms in total. The van der Waals surface area contributed by atoms with E-state index in [2.05, 4.69) is 34.5 Å². The maximum atomic E-state index is 13.1. The van der Waals surface area contributed by atoms with Gasteiger partial charge in [0.05, 0.1) is 22.8 Å². The van der Waals surface area contributed by atoms with Crippen LogP contribution in [0.15, 0.2) is 41.6 Å². The number of H-pyrrole nitrogens is 1. The Balaban J connectivity index is 1.41. The third kappa shape index (κ3) is 5.10. The highest BCUT2D eigenvalue weighted by molar-refractivity contribution is 7.90. The molecule has 0 spiro atoms. The van der Waals surface area contributed by atoms with E-state index >= 15 is 0 Å². The van der Waals surface area contributed by atoms with Gasteiger partial charge in [-0.05, 0) is 61.1 Å². The molecule has 1 aliphatic carbocycles. The van der Waals surface area contributed by atoms with Crippen molar-refractivity contribution in [1.82, 2.24) is 20.0 Å². The van der Waals surface area contributed by atoms with Gasteiger partial charge in [0, 0.05) is 36.9 Å². The van der Waals surface area contributed by atoms with Gasteiger partial charge in [0.1, 0.15) is 0 Å². The predicted octanol–water partition coefficient (Wildman–Crippen LogP) is 3.79. The number of aromatic nitrogens is 4. The Bertz CT molecular complexity index is 1370. The number of anilines is 1. The molecule has 192 valence electrons. The summed E-state index contributed by atoms with van der Waals surface area (Å²) in [5.41, 5.74) is 4.12. The van der Waals surface area contributed by atoms with Crippen LogP contribution in [0.4, 0.5) is 5.69 Å². The number of aromatic amines is 1. The highest BCUT2D eigenvalue weighted by atomic mass is 32.2. The first-order valence-electron chi connectivity index (χ1n) is 12.4. The summed E-state index contributed by atoms with van der Waals surface area (Å²) in [4.78, 5) is 13.4. The molecule has 0 saturated carbocycles. The fourth-order valence-corrected chi connectivity index (χ4v) is 6.06. The number of carbonyl (C=O) groups is 1. The van der Waals surface area contributed by atoms with Crippen molar-refractivity contribution in [3.63, 3.8) is 0 Å².